The first kappa shape index (κ1) is 16.0. The van der Waals surface area contributed by atoms with Crippen LogP contribution in [0.2, 0.25) is 0 Å². The van der Waals surface area contributed by atoms with Gasteiger partial charge in [-0.05, 0) is 12.8 Å². The lowest BCUT2D eigenvalue weighted by molar-refractivity contribution is 0.0822. The van der Waals surface area contributed by atoms with E-state index in [1.165, 1.54) is 0 Å². The SMILES string of the molecule is CC(C)C1(N)N=C(NC2CCOCC2)N=C(c2ccccc2)N1. The van der Waals surface area contributed by atoms with E-state index in [0.717, 1.165) is 37.5 Å². The highest BCUT2D eigenvalue weighted by Crippen LogP contribution is 2.18. The van der Waals surface area contributed by atoms with Gasteiger partial charge in [-0.15, -0.1) is 0 Å². The van der Waals surface area contributed by atoms with E-state index in [2.05, 4.69) is 34.5 Å². The van der Waals surface area contributed by atoms with Crippen LogP contribution in [-0.2, 0) is 4.74 Å². The summed E-state index contributed by atoms with van der Waals surface area (Å²) in [7, 11) is 0. The number of nitrogens with zero attached hydrogens (tertiary/aromatic N) is 2. The van der Waals surface area contributed by atoms with E-state index in [1.807, 2.05) is 30.3 Å². The number of guanidine groups is 1. The average molecular weight is 315 g/mol. The number of aliphatic imine (C=N–C) groups is 2. The molecule has 124 valence electrons. The maximum atomic E-state index is 6.48. The van der Waals surface area contributed by atoms with Crippen LogP contribution in [-0.4, -0.2) is 36.8 Å². The number of nitrogens with two attached hydrogens (primary N) is 1. The third kappa shape index (κ3) is 3.71. The average Bonchev–Trinajstić information content (AvgIpc) is 2.56. The standard InChI is InChI=1S/C17H25N5O/c1-12(2)17(18)21-15(13-6-4-3-5-7-13)20-16(22-17)19-14-8-10-23-11-9-14/h3-7,12,14H,8-11,18H2,1-2H3,(H2,19,20,21,22). The van der Waals surface area contributed by atoms with Gasteiger partial charge in [0.1, 0.15) is 5.84 Å². The first-order valence-corrected chi connectivity index (χ1v) is 8.22. The lowest BCUT2D eigenvalue weighted by atomic mass is 10.0. The summed E-state index contributed by atoms with van der Waals surface area (Å²) in [6.45, 7) is 5.65. The second-order valence-electron chi connectivity index (χ2n) is 6.40. The number of ether oxygens (including phenoxy) is 1. The van der Waals surface area contributed by atoms with Crippen molar-refractivity contribution >= 4 is 11.8 Å². The van der Waals surface area contributed by atoms with Gasteiger partial charge in [0.05, 0.1) is 0 Å². The van der Waals surface area contributed by atoms with E-state index in [-0.39, 0.29) is 5.92 Å². The molecule has 23 heavy (non-hydrogen) atoms. The molecule has 0 spiro atoms. The first-order chi connectivity index (χ1) is 11.1. The van der Waals surface area contributed by atoms with Gasteiger partial charge in [-0.3, -0.25) is 5.73 Å². The third-order valence-corrected chi connectivity index (χ3v) is 4.31. The predicted molar refractivity (Wildman–Crippen MR) is 92.3 cm³/mol. The molecule has 0 aliphatic carbocycles. The van der Waals surface area contributed by atoms with E-state index >= 15 is 0 Å². The maximum absolute atomic E-state index is 6.48. The van der Waals surface area contributed by atoms with Crippen LogP contribution in [0.5, 0.6) is 0 Å². The molecule has 0 radical (unpaired) electrons. The molecular formula is C17H25N5O. The molecule has 2 aliphatic rings. The van der Waals surface area contributed by atoms with Crippen LogP contribution in [0.25, 0.3) is 0 Å². The molecule has 4 N–H and O–H groups in total. The van der Waals surface area contributed by atoms with Crippen molar-refractivity contribution < 1.29 is 4.74 Å². The van der Waals surface area contributed by atoms with Gasteiger partial charge in [0.15, 0.2) is 5.79 Å². The highest BCUT2D eigenvalue weighted by Gasteiger charge is 2.34. The van der Waals surface area contributed by atoms with Crippen molar-refractivity contribution in [2.45, 2.75) is 38.5 Å². The van der Waals surface area contributed by atoms with E-state index in [1.54, 1.807) is 0 Å². The largest absolute Gasteiger partial charge is 0.381 e. The van der Waals surface area contributed by atoms with Crippen molar-refractivity contribution in [2.75, 3.05) is 13.2 Å². The van der Waals surface area contributed by atoms with Crippen LogP contribution in [0.3, 0.4) is 0 Å². The molecule has 0 amide bonds. The summed E-state index contributed by atoms with van der Waals surface area (Å²) in [5.41, 5.74) is 7.48. The van der Waals surface area contributed by atoms with Crippen molar-refractivity contribution in [1.82, 2.24) is 10.6 Å². The van der Waals surface area contributed by atoms with Gasteiger partial charge in [-0.2, -0.15) is 4.99 Å². The van der Waals surface area contributed by atoms with Crippen molar-refractivity contribution in [1.29, 1.82) is 0 Å². The van der Waals surface area contributed by atoms with Gasteiger partial charge in [0, 0.05) is 30.7 Å². The summed E-state index contributed by atoms with van der Waals surface area (Å²) in [4.78, 5) is 9.27. The summed E-state index contributed by atoms with van der Waals surface area (Å²) in [5, 5.41) is 6.72. The van der Waals surface area contributed by atoms with E-state index in [4.69, 9.17) is 10.5 Å². The fourth-order valence-corrected chi connectivity index (χ4v) is 2.65. The normalized spacial score (nSPS) is 25.6. The zero-order chi connectivity index (χ0) is 16.3. The topological polar surface area (TPSA) is 84.0 Å². The van der Waals surface area contributed by atoms with E-state index in [0.29, 0.717) is 12.0 Å². The lowest BCUT2D eigenvalue weighted by Crippen LogP contribution is -2.61. The monoisotopic (exact) mass is 315 g/mol. The Morgan fingerprint density at radius 3 is 2.61 bits per heavy atom. The first-order valence-electron chi connectivity index (χ1n) is 8.22. The zero-order valence-electron chi connectivity index (χ0n) is 13.7. The molecule has 0 aromatic heterocycles. The fraction of sp³-hybridized carbons (Fsp3) is 0.529. The van der Waals surface area contributed by atoms with Crippen LogP contribution in [0.4, 0.5) is 0 Å². The summed E-state index contributed by atoms with van der Waals surface area (Å²) in [6, 6.07) is 10.3. The second kappa shape index (κ2) is 6.68. The molecule has 2 aliphatic heterocycles. The molecule has 6 nitrogen and oxygen atoms in total. The van der Waals surface area contributed by atoms with Gasteiger partial charge in [0.25, 0.3) is 0 Å². The van der Waals surface area contributed by atoms with Gasteiger partial charge in [-0.1, -0.05) is 44.2 Å². The Labute approximate surface area is 137 Å². The van der Waals surface area contributed by atoms with Crippen LogP contribution in [0.15, 0.2) is 40.3 Å². The van der Waals surface area contributed by atoms with E-state index in [9.17, 15) is 0 Å². The summed E-state index contributed by atoms with van der Waals surface area (Å²) in [5.74, 6) is 0.626. The quantitative estimate of drug-likeness (QED) is 0.788. The number of hydrogen-bond acceptors (Lipinski definition) is 6. The third-order valence-electron chi connectivity index (χ3n) is 4.31. The van der Waals surface area contributed by atoms with Gasteiger partial charge < -0.3 is 15.4 Å². The molecule has 3 rings (SSSR count). The maximum Gasteiger partial charge on any atom is 0.223 e. The molecule has 0 bridgehead atoms. The minimum atomic E-state index is -0.861. The molecule has 6 heteroatoms. The number of nitrogens with one attached hydrogen (secondary N) is 2. The van der Waals surface area contributed by atoms with Crippen molar-refractivity contribution in [2.24, 2.45) is 21.6 Å². The Balaban J connectivity index is 1.87. The van der Waals surface area contributed by atoms with Crippen molar-refractivity contribution in [3.8, 4) is 0 Å². The van der Waals surface area contributed by atoms with Crippen LogP contribution >= 0.6 is 0 Å². The zero-order valence-corrected chi connectivity index (χ0v) is 13.7. The molecule has 2 heterocycles. The van der Waals surface area contributed by atoms with Crippen molar-refractivity contribution in [3.63, 3.8) is 0 Å². The summed E-state index contributed by atoms with van der Waals surface area (Å²) in [6.07, 6.45) is 1.92. The minimum absolute atomic E-state index is 0.128. The molecule has 1 aromatic carbocycles. The Kier molecular flexibility index (Phi) is 4.63. The Morgan fingerprint density at radius 2 is 1.96 bits per heavy atom. The van der Waals surface area contributed by atoms with Crippen molar-refractivity contribution in [3.05, 3.63) is 35.9 Å². The molecular weight excluding hydrogens is 290 g/mol. The lowest BCUT2D eigenvalue weighted by Gasteiger charge is -2.36. The summed E-state index contributed by atoms with van der Waals surface area (Å²) >= 11 is 0. The Hall–Kier alpha value is -1.92. The van der Waals surface area contributed by atoms with Crippen LogP contribution in [0.1, 0.15) is 32.3 Å². The molecule has 0 saturated carbocycles. The number of rotatable bonds is 3. The minimum Gasteiger partial charge on any atom is -0.381 e. The highest BCUT2D eigenvalue weighted by molar-refractivity contribution is 6.07. The van der Waals surface area contributed by atoms with Gasteiger partial charge >= 0.3 is 0 Å². The van der Waals surface area contributed by atoms with Crippen LogP contribution in [0, 0.1) is 5.92 Å². The molecule has 1 atom stereocenters. The van der Waals surface area contributed by atoms with E-state index < -0.39 is 5.79 Å². The molecule has 1 unspecified atom stereocenters. The fourth-order valence-electron chi connectivity index (χ4n) is 2.65. The molecule has 1 fully saturated rings. The summed E-state index contributed by atoms with van der Waals surface area (Å²) < 4.78 is 5.41. The highest BCUT2D eigenvalue weighted by atomic mass is 16.5. The second-order valence-corrected chi connectivity index (χ2v) is 6.40. The van der Waals surface area contributed by atoms with Gasteiger partial charge in [0.2, 0.25) is 5.96 Å². The molecule has 1 saturated heterocycles. The number of hydrogen-bond donors (Lipinski definition) is 3. The number of amidine groups is 1. The predicted octanol–water partition coefficient (Wildman–Crippen LogP) is 1.43. The van der Waals surface area contributed by atoms with Gasteiger partial charge in [-0.25, -0.2) is 4.99 Å². The number of benzene rings is 1. The Bertz CT molecular complexity index is 592. The smallest absolute Gasteiger partial charge is 0.223 e. The Morgan fingerprint density at radius 1 is 1.26 bits per heavy atom. The molecule has 1 aromatic rings. The van der Waals surface area contributed by atoms with Crippen LogP contribution < -0.4 is 16.4 Å².